The summed E-state index contributed by atoms with van der Waals surface area (Å²) in [6.45, 7) is 5.54. The summed E-state index contributed by atoms with van der Waals surface area (Å²) in [5, 5.41) is 4.60. The Morgan fingerprint density at radius 1 is 1.29 bits per heavy atom. The van der Waals surface area contributed by atoms with Crippen LogP contribution < -0.4 is 0 Å². The molecule has 0 radical (unpaired) electrons. The van der Waals surface area contributed by atoms with Crippen molar-refractivity contribution in [2.75, 3.05) is 20.2 Å². The van der Waals surface area contributed by atoms with Crippen molar-refractivity contribution in [3.8, 4) is 0 Å². The molecule has 1 aliphatic rings. The number of nitrogens with zero attached hydrogens (tertiary/aromatic N) is 3. The Balaban J connectivity index is 1.76. The molecule has 3 rings (SSSR count). The third-order valence-corrected chi connectivity index (χ3v) is 4.66. The lowest BCUT2D eigenvalue weighted by Crippen LogP contribution is -2.43. The Labute approximate surface area is 143 Å². The van der Waals surface area contributed by atoms with E-state index in [4.69, 9.17) is 4.74 Å². The first-order chi connectivity index (χ1) is 11.6. The molecule has 1 amide bonds. The highest BCUT2D eigenvalue weighted by atomic mass is 16.5. The Bertz CT molecular complexity index is 696. The summed E-state index contributed by atoms with van der Waals surface area (Å²) in [6, 6.07) is 12.0. The van der Waals surface area contributed by atoms with Crippen LogP contribution in [0.2, 0.25) is 0 Å². The average Bonchev–Trinajstić information content (AvgIpc) is 2.95. The van der Waals surface area contributed by atoms with Gasteiger partial charge >= 0.3 is 0 Å². The summed E-state index contributed by atoms with van der Waals surface area (Å²) in [7, 11) is 1.60. The van der Waals surface area contributed by atoms with E-state index < -0.39 is 6.10 Å². The van der Waals surface area contributed by atoms with E-state index >= 15 is 0 Å². The number of rotatable bonds is 4. The van der Waals surface area contributed by atoms with Gasteiger partial charge in [0.15, 0.2) is 6.10 Å². The number of methoxy groups -OCH3 is 1. The summed E-state index contributed by atoms with van der Waals surface area (Å²) >= 11 is 0. The van der Waals surface area contributed by atoms with Gasteiger partial charge in [0.2, 0.25) is 0 Å². The van der Waals surface area contributed by atoms with Gasteiger partial charge in [-0.15, -0.1) is 0 Å². The minimum Gasteiger partial charge on any atom is -0.367 e. The Kier molecular flexibility index (Phi) is 5.00. The summed E-state index contributed by atoms with van der Waals surface area (Å²) < 4.78 is 7.58. The third-order valence-electron chi connectivity index (χ3n) is 4.66. The summed E-state index contributed by atoms with van der Waals surface area (Å²) in [4.78, 5) is 14.9. The molecule has 1 saturated heterocycles. The molecule has 0 unspecified atom stereocenters. The molecule has 1 aromatic heterocycles. The van der Waals surface area contributed by atoms with Crippen LogP contribution >= 0.6 is 0 Å². The summed E-state index contributed by atoms with van der Waals surface area (Å²) in [5.74, 6) is 0.0370. The fourth-order valence-electron chi connectivity index (χ4n) is 3.54. The first kappa shape index (κ1) is 16.7. The molecule has 0 saturated carbocycles. The third kappa shape index (κ3) is 3.36. The number of aromatic nitrogens is 2. The summed E-state index contributed by atoms with van der Waals surface area (Å²) in [6.07, 6.45) is 1.50. The fraction of sp³-hybridized carbons (Fsp3) is 0.474. The molecule has 2 atom stereocenters. The van der Waals surface area contributed by atoms with E-state index in [-0.39, 0.29) is 11.9 Å². The zero-order valence-corrected chi connectivity index (χ0v) is 14.6. The fourth-order valence-corrected chi connectivity index (χ4v) is 3.54. The van der Waals surface area contributed by atoms with Crippen LogP contribution in [0.1, 0.15) is 41.9 Å². The molecule has 1 fully saturated rings. The maximum absolute atomic E-state index is 13.0. The number of piperidine rings is 1. The quantitative estimate of drug-likeness (QED) is 0.867. The predicted octanol–water partition coefficient (Wildman–Crippen LogP) is 3.05. The molecule has 128 valence electrons. The molecule has 0 N–H and O–H groups in total. The lowest BCUT2D eigenvalue weighted by Gasteiger charge is -2.35. The number of aryl methyl sites for hydroxylation is 2. The van der Waals surface area contributed by atoms with Crippen molar-refractivity contribution in [2.45, 2.75) is 38.8 Å². The van der Waals surface area contributed by atoms with Gasteiger partial charge in [0.05, 0.1) is 11.7 Å². The van der Waals surface area contributed by atoms with E-state index in [1.165, 1.54) is 0 Å². The van der Waals surface area contributed by atoms with Crippen molar-refractivity contribution in [1.29, 1.82) is 0 Å². The number of ether oxygens (including phenoxy) is 1. The number of carbonyl (C=O) groups excluding carboxylic acids is 1. The highest BCUT2D eigenvalue weighted by Crippen LogP contribution is 2.26. The Morgan fingerprint density at radius 2 is 2.04 bits per heavy atom. The molecular formula is C19H25N3O2. The molecule has 1 aliphatic heterocycles. The van der Waals surface area contributed by atoms with E-state index in [0.29, 0.717) is 6.54 Å². The first-order valence-electron chi connectivity index (χ1n) is 8.49. The molecule has 5 nitrogen and oxygen atoms in total. The minimum absolute atomic E-state index is 0.0370. The lowest BCUT2D eigenvalue weighted by molar-refractivity contribution is -0.144. The zero-order valence-electron chi connectivity index (χ0n) is 14.6. The molecule has 0 bridgehead atoms. The lowest BCUT2D eigenvalue weighted by atomic mass is 10.0. The van der Waals surface area contributed by atoms with Crippen molar-refractivity contribution < 1.29 is 9.53 Å². The maximum Gasteiger partial charge on any atom is 0.256 e. The first-order valence-corrected chi connectivity index (χ1v) is 8.49. The number of hydrogen-bond acceptors (Lipinski definition) is 3. The zero-order chi connectivity index (χ0) is 17.1. The monoisotopic (exact) mass is 327 g/mol. The van der Waals surface area contributed by atoms with Crippen LogP contribution in [0, 0.1) is 13.8 Å². The highest BCUT2D eigenvalue weighted by Gasteiger charge is 2.31. The van der Waals surface area contributed by atoms with Gasteiger partial charge < -0.3 is 9.64 Å². The molecular weight excluding hydrogens is 302 g/mol. The van der Waals surface area contributed by atoms with Crippen molar-refractivity contribution in [2.24, 2.45) is 0 Å². The molecule has 0 aliphatic carbocycles. The molecule has 0 spiro atoms. The second-order valence-electron chi connectivity index (χ2n) is 6.48. The molecule has 2 aromatic rings. The van der Waals surface area contributed by atoms with Crippen molar-refractivity contribution in [3.05, 3.63) is 53.3 Å². The van der Waals surface area contributed by atoms with E-state index in [2.05, 4.69) is 22.8 Å². The van der Waals surface area contributed by atoms with E-state index in [1.54, 1.807) is 7.11 Å². The normalized spacial score (nSPS) is 19.3. The van der Waals surface area contributed by atoms with Crippen molar-refractivity contribution in [1.82, 2.24) is 14.7 Å². The second kappa shape index (κ2) is 7.18. The number of carbonyl (C=O) groups is 1. The molecule has 5 heteroatoms. The van der Waals surface area contributed by atoms with Gasteiger partial charge in [0, 0.05) is 25.9 Å². The number of amides is 1. The van der Waals surface area contributed by atoms with Gasteiger partial charge in [0.25, 0.3) is 5.91 Å². The van der Waals surface area contributed by atoms with Crippen molar-refractivity contribution in [3.63, 3.8) is 0 Å². The van der Waals surface area contributed by atoms with Gasteiger partial charge in [-0.3, -0.25) is 9.48 Å². The molecule has 1 aromatic carbocycles. The van der Waals surface area contributed by atoms with Gasteiger partial charge in [-0.25, -0.2) is 0 Å². The van der Waals surface area contributed by atoms with Crippen LogP contribution in [0.25, 0.3) is 0 Å². The number of hydrogen-bond donors (Lipinski definition) is 0. The molecule has 24 heavy (non-hydrogen) atoms. The van der Waals surface area contributed by atoms with Gasteiger partial charge in [0.1, 0.15) is 0 Å². The van der Waals surface area contributed by atoms with Gasteiger partial charge in [-0.1, -0.05) is 30.3 Å². The van der Waals surface area contributed by atoms with Crippen LogP contribution in [-0.4, -0.2) is 40.8 Å². The van der Waals surface area contributed by atoms with E-state index in [1.807, 2.05) is 42.2 Å². The standard InChI is InChI=1S/C19H25N3O2/c1-14-12-15(2)22(20-14)17-10-7-11-21(13-17)19(23)18(24-3)16-8-5-4-6-9-16/h4-6,8-9,12,17-18H,7,10-11,13H2,1-3H3/t17-,18+/m1/s1. The number of benzene rings is 1. The van der Waals surface area contributed by atoms with Crippen LogP contribution in [-0.2, 0) is 9.53 Å². The van der Waals surface area contributed by atoms with E-state index in [0.717, 1.165) is 36.3 Å². The van der Waals surface area contributed by atoms with Crippen LogP contribution in [0.3, 0.4) is 0 Å². The number of likely N-dealkylation sites (tertiary alicyclic amines) is 1. The highest BCUT2D eigenvalue weighted by molar-refractivity contribution is 5.82. The summed E-state index contributed by atoms with van der Waals surface area (Å²) in [5.41, 5.74) is 3.08. The molecule has 2 heterocycles. The minimum atomic E-state index is -0.537. The SMILES string of the molecule is CO[C@H](C(=O)N1CCC[C@@H](n2nc(C)cc2C)C1)c1ccccc1. The Hall–Kier alpha value is -2.14. The topological polar surface area (TPSA) is 47.4 Å². The van der Waals surface area contributed by atoms with Crippen LogP contribution in [0.15, 0.2) is 36.4 Å². The van der Waals surface area contributed by atoms with Crippen molar-refractivity contribution >= 4 is 5.91 Å². The average molecular weight is 327 g/mol. The largest absolute Gasteiger partial charge is 0.367 e. The smallest absolute Gasteiger partial charge is 0.256 e. The maximum atomic E-state index is 13.0. The second-order valence-corrected chi connectivity index (χ2v) is 6.48. The van der Waals surface area contributed by atoms with Crippen LogP contribution in [0.4, 0.5) is 0 Å². The van der Waals surface area contributed by atoms with Crippen LogP contribution in [0.5, 0.6) is 0 Å². The van der Waals surface area contributed by atoms with E-state index in [9.17, 15) is 4.79 Å². The van der Waals surface area contributed by atoms with Gasteiger partial charge in [-0.2, -0.15) is 5.10 Å². The van der Waals surface area contributed by atoms with Gasteiger partial charge in [-0.05, 0) is 38.3 Å². The predicted molar refractivity (Wildman–Crippen MR) is 92.7 cm³/mol. The Morgan fingerprint density at radius 3 is 2.67 bits per heavy atom.